The topological polar surface area (TPSA) is 50.3 Å². The van der Waals surface area contributed by atoms with Crippen molar-refractivity contribution in [3.63, 3.8) is 0 Å². The minimum Gasteiger partial charge on any atom is -0.342 e. The first-order valence-corrected chi connectivity index (χ1v) is 6.35. The van der Waals surface area contributed by atoms with E-state index in [2.05, 4.69) is 4.98 Å². The summed E-state index contributed by atoms with van der Waals surface area (Å²) in [6, 6.07) is 5.59. The van der Waals surface area contributed by atoms with Crippen LogP contribution < -0.4 is 0 Å². The molecule has 1 saturated heterocycles. The smallest absolute Gasteiger partial charge is 0.228 e. The van der Waals surface area contributed by atoms with Gasteiger partial charge in [0, 0.05) is 30.9 Å². The summed E-state index contributed by atoms with van der Waals surface area (Å²) in [5.74, 6) is 0.492. The average molecular weight is 246 g/mol. The summed E-state index contributed by atoms with van der Waals surface area (Å²) in [4.78, 5) is 29.3. The summed E-state index contributed by atoms with van der Waals surface area (Å²) in [6.07, 6.45) is 3.64. The Kier molecular flexibility index (Phi) is 4.07. The van der Waals surface area contributed by atoms with Crippen LogP contribution in [-0.2, 0) is 16.0 Å². The van der Waals surface area contributed by atoms with Crippen molar-refractivity contribution in [3.8, 4) is 0 Å². The van der Waals surface area contributed by atoms with Gasteiger partial charge >= 0.3 is 0 Å². The fraction of sp³-hybridized carbons (Fsp3) is 0.500. The van der Waals surface area contributed by atoms with E-state index in [1.165, 1.54) is 0 Å². The maximum atomic E-state index is 12.0. The normalized spacial score (nSPS) is 16.6. The fourth-order valence-electron chi connectivity index (χ4n) is 2.30. The van der Waals surface area contributed by atoms with E-state index in [0.717, 1.165) is 18.5 Å². The lowest BCUT2D eigenvalue weighted by Gasteiger charge is -2.30. The Morgan fingerprint density at radius 1 is 1.33 bits per heavy atom. The van der Waals surface area contributed by atoms with Crippen LogP contribution in [0, 0.1) is 5.92 Å². The Hall–Kier alpha value is -1.71. The average Bonchev–Trinajstić information content (AvgIpc) is 2.40. The standard InChI is InChI=1S/C14H18N2O2/c1-11(17)12-5-8-16(9-6-12)14(18)10-13-4-2-3-7-15-13/h2-4,7,12H,5-6,8-10H2,1H3. The van der Waals surface area contributed by atoms with E-state index >= 15 is 0 Å². The van der Waals surface area contributed by atoms with Crippen LogP contribution in [0.3, 0.4) is 0 Å². The van der Waals surface area contributed by atoms with Crippen molar-refractivity contribution in [2.45, 2.75) is 26.2 Å². The molecule has 1 aliphatic heterocycles. The molecule has 1 aliphatic rings. The van der Waals surface area contributed by atoms with Gasteiger partial charge in [-0.2, -0.15) is 0 Å². The number of Topliss-reactive ketones (excluding diaryl/α,β-unsaturated/α-hetero) is 1. The van der Waals surface area contributed by atoms with Crippen molar-refractivity contribution in [2.75, 3.05) is 13.1 Å². The zero-order valence-electron chi connectivity index (χ0n) is 10.6. The number of carbonyl (C=O) groups is 2. The lowest BCUT2D eigenvalue weighted by Crippen LogP contribution is -2.40. The van der Waals surface area contributed by atoms with Crippen molar-refractivity contribution in [1.29, 1.82) is 0 Å². The van der Waals surface area contributed by atoms with Gasteiger partial charge in [-0.05, 0) is 31.9 Å². The molecular weight excluding hydrogens is 228 g/mol. The first-order chi connectivity index (χ1) is 8.66. The molecule has 4 nitrogen and oxygen atoms in total. The van der Waals surface area contributed by atoms with Crippen LogP contribution in [0.15, 0.2) is 24.4 Å². The molecule has 0 radical (unpaired) electrons. The van der Waals surface area contributed by atoms with E-state index in [0.29, 0.717) is 19.5 Å². The molecule has 1 fully saturated rings. The summed E-state index contributed by atoms with van der Waals surface area (Å²) in [7, 11) is 0. The first-order valence-electron chi connectivity index (χ1n) is 6.35. The highest BCUT2D eigenvalue weighted by Crippen LogP contribution is 2.18. The Balaban J connectivity index is 1.86. The largest absolute Gasteiger partial charge is 0.342 e. The molecule has 0 atom stereocenters. The molecule has 0 aliphatic carbocycles. The zero-order chi connectivity index (χ0) is 13.0. The van der Waals surface area contributed by atoms with Crippen LogP contribution >= 0.6 is 0 Å². The molecule has 4 heteroatoms. The van der Waals surface area contributed by atoms with Gasteiger partial charge in [-0.15, -0.1) is 0 Å². The second-order valence-corrected chi connectivity index (χ2v) is 4.76. The number of ketones is 1. The third-order valence-corrected chi connectivity index (χ3v) is 3.48. The number of nitrogens with zero attached hydrogens (tertiary/aromatic N) is 2. The van der Waals surface area contributed by atoms with Crippen LogP contribution in [0.4, 0.5) is 0 Å². The number of pyridine rings is 1. The predicted octanol–water partition coefficient (Wildman–Crippen LogP) is 1.45. The van der Waals surface area contributed by atoms with E-state index in [1.807, 2.05) is 23.1 Å². The van der Waals surface area contributed by atoms with Crippen LogP contribution in [0.2, 0.25) is 0 Å². The molecule has 0 aromatic carbocycles. The molecule has 2 rings (SSSR count). The minimum atomic E-state index is 0.107. The van der Waals surface area contributed by atoms with Crippen molar-refractivity contribution in [1.82, 2.24) is 9.88 Å². The Morgan fingerprint density at radius 3 is 2.61 bits per heavy atom. The van der Waals surface area contributed by atoms with Gasteiger partial charge in [0.2, 0.25) is 5.91 Å². The van der Waals surface area contributed by atoms with Crippen molar-refractivity contribution >= 4 is 11.7 Å². The van der Waals surface area contributed by atoms with E-state index in [1.54, 1.807) is 13.1 Å². The van der Waals surface area contributed by atoms with Crippen LogP contribution in [-0.4, -0.2) is 34.7 Å². The monoisotopic (exact) mass is 246 g/mol. The molecule has 0 saturated carbocycles. The Morgan fingerprint density at radius 2 is 2.06 bits per heavy atom. The van der Waals surface area contributed by atoms with Crippen molar-refractivity contribution in [3.05, 3.63) is 30.1 Å². The maximum Gasteiger partial charge on any atom is 0.228 e. The number of piperidine rings is 1. The van der Waals surface area contributed by atoms with E-state index in [9.17, 15) is 9.59 Å². The Bertz CT molecular complexity index is 423. The molecule has 0 bridgehead atoms. The maximum absolute atomic E-state index is 12.0. The number of likely N-dealkylation sites (tertiary alicyclic amines) is 1. The number of hydrogen-bond donors (Lipinski definition) is 0. The van der Waals surface area contributed by atoms with Crippen LogP contribution in [0.1, 0.15) is 25.5 Å². The third kappa shape index (κ3) is 3.15. The van der Waals surface area contributed by atoms with E-state index in [-0.39, 0.29) is 17.6 Å². The van der Waals surface area contributed by atoms with Crippen LogP contribution in [0.5, 0.6) is 0 Å². The summed E-state index contributed by atoms with van der Waals surface area (Å²) < 4.78 is 0. The second-order valence-electron chi connectivity index (χ2n) is 4.76. The molecular formula is C14H18N2O2. The number of aromatic nitrogens is 1. The van der Waals surface area contributed by atoms with Gasteiger partial charge in [0.1, 0.15) is 5.78 Å². The number of hydrogen-bond acceptors (Lipinski definition) is 3. The van der Waals surface area contributed by atoms with E-state index in [4.69, 9.17) is 0 Å². The van der Waals surface area contributed by atoms with E-state index < -0.39 is 0 Å². The van der Waals surface area contributed by atoms with Crippen molar-refractivity contribution in [2.24, 2.45) is 5.92 Å². The second kappa shape index (κ2) is 5.76. The predicted molar refractivity (Wildman–Crippen MR) is 67.9 cm³/mol. The first kappa shape index (κ1) is 12.7. The number of amides is 1. The lowest BCUT2D eigenvalue weighted by atomic mass is 9.93. The summed E-state index contributed by atoms with van der Waals surface area (Å²) in [6.45, 7) is 3.02. The van der Waals surface area contributed by atoms with Gasteiger partial charge in [0.15, 0.2) is 0 Å². The highest BCUT2D eigenvalue weighted by atomic mass is 16.2. The third-order valence-electron chi connectivity index (χ3n) is 3.48. The molecule has 1 aromatic heterocycles. The van der Waals surface area contributed by atoms with Gasteiger partial charge in [-0.1, -0.05) is 6.07 Å². The van der Waals surface area contributed by atoms with Crippen molar-refractivity contribution < 1.29 is 9.59 Å². The lowest BCUT2D eigenvalue weighted by molar-refractivity contribution is -0.134. The molecule has 2 heterocycles. The molecule has 1 aromatic rings. The van der Waals surface area contributed by atoms with Gasteiger partial charge in [0.05, 0.1) is 6.42 Å². The quantitative estimate of drug-likeness (QED) is 0.811. The molecule has 0 unspecified atom stereocenters. The van der Waals surface area contributed by atoms with Crippen LogP contribution in [0.25, 0.3) is 0 Å². The van der Waals surface area contributed by atoms with Gasteiger partial charge in [-0.25, -0.2) is 0 Å². The van der Waals surface area contributed by atoms with Gasteiger partial charge in [-0.3, -0.25) is 14.6 Å². The van der Waals surface area contributed by atoms with Gasteiger partial charge < -0.3 is 4.90 Å². The highest BCUT2D eigenvalue weighted by Gasteiger charge is 2.25. The minimum absolute atomic E-state index is 0.107. The zero-order valence-corrected chi connectivity index (χ0v) is 10.6. The Labute approximate surface area is 107 Å². The van der Waals surface area contributed by atoms with Gasteiger partial charge in [0.25, 0.3) is 0 Å². The number of rotatable bonds is 3. The SMILES string of the molecule is CC(=O)C1CCN(C(=O)Cc2ccccn2)CC1. The molecule has 18 heavy (non-hydrogen) atoms. The summed E-state index contributed by atoms with van der Waals surface area (Å²) in [5.41, 5.74) is 0.802. The molecule has 0 spiro atoms. The summed E-state index contributed by atoms with van der Waals surface area (Å²) in [5, 5.41) is 0. The molecule has 96 valence electrons. The highest BCUT2D eigenvalue weighted by molar-refractivity contribution is 5.80. The molecule has 1 amide bonds. The summed E-state index contributed by atoms with van der Waals surface area (Å²) >= 11 is 0. The number of carbonyl (C=O) groups excluding carboxylic acids is 2. The fourth-order valence-corrected chi connectivity index (χ4v) is 2.30. The molecule has 0 N–H and O–H groups in total.